The lowest BCUT2D eigenvalue weighted by molar-refractivity contribution is -0.131. The van der Waals surface area contributed by atoms with Gasteiger partial charge in [0.25, 0.3) is 0 Å². The maximum atomic E-state index is 13.7. The minimum Gasteiger partial charge on any atom is -0.478 e. The summed E-state index contributed by atoms with van der Waals surface area (Å²) in [6, 6.07) is 3.26. The first-order valence-corrected chi connectivity index (χ1v) is 5.98. The summed E-state index contributed by atoms with van der Waals surface area (Å²) in [7, 11) is 0. The average molecular weight is 252 g/mol. The maximum absolute atomic E-state index is 13.7. The molecule has 0 aromatic heterocycles. The van der Waals surface area contributed by atoms with Crippen molar-refractivity contribution in [2.45, 2.75) is 25.7 Å². The molecule has 96 valence electrons. The van der Waals surface area contributed by atoms with Crippen molar-refractivity contribution in [2.75, 3.05) is 0 Å². The van der Waals surface area contributed by atoms with E-state index >= 15 is 0 Å². The molecule has 0 aliphatic heterocycles. The quantitative estimate of drug-likeness (QED) is 0.834. The second kappa shape index (κ2) is 5.29. The normalized spacial score (nSPS) is 17.1. The molecule has 0 spiro atoms. The third-order valence-corrected chi connectivity index (χ3v) is 3.32. The smallest absolute Gasteiger partial charge is 0.328 e. The number of aliphatic carboxylic acids is 1. The average Bonchev–Trinajstić information content (AvgIpc) is 2.79. The second-order valence-electron chi connectivity index (χ2n) is 4.54. The number of carbonyl (C=O) groups is 1. The summed E-state index contributed by atoms with van der Waals surface area (Å²) in [6.07, 6.45) is 4.80. The SMILES string of the molecule is O=C(O)/C=C(/c1ccc(F)cc1F)C1CCCC1. The summed E-state index contributed by atoms with van der Waals surface area (Å²) in [5.41, 5.74) is 0.670. The molecule has 0 amide bonds. The molecule has 1 aromatic carbocycles. The van der Waals surface area contributed by atoms with E-state index in [1.165, 1.54) is 6.07 Å². The van der Waals surface area contributed by atoms with E-state index in [1.807, 2.05) is 0 Å². The predicted octanol–water partition coefficient (Wildman–Crippen LogP) is 3.62. The van der Waals surface area contributed by atoms with Crippen LogP contribution in [-0.2, 0) is 4.79 Å². The van der Waals surface area contributed by atoms with Crippen molar-refractivity contribution >= 4 is 11.5 Å². The lowest BCUT2D eigenvalue weighted by Crippen LogP contribution is -2.04. The van der Waals surface area contributed by atoms with Crippen LogP contribution >= 0.6 is 0 Å². The molecule has 1 N–H and O–H groups in total. The summed E-state index contributed by atoms with van der Waals surface area (Å²) in [5, 5.41) is 8.88. The summed E-state index contributed by atoms with van der Waals surface area (Å²) >= 11 is 0. The van der Waals surface area contributed by atoms with Gasteiger partial charge in [-0.2, -0.15) is 0 Å². The Balaban J connectivity index is 2.42. The molecule has 2 nitrogen and oxygen atoms in total. The number of carboxylic acids is 1. The molecule has 4 heteroatoms. The van der Waals surface area contributed by atoms with Crippen molar-refractivity contribution < 1.29 is 18.7 Å². The van der Waals surface area contributed by atoms with Gasteiger partial charge in [-0.15, -0.1) is 0 Å². The lowest BCUT2D eigenvalue weighted by atomic mass is 9.90. The predicted molar refractivity (Wildman–Crippen MR) is 63.9 cm³/mol. The molecular formula is C14H14F2O2. The molecule has 0 heterocycles. The summed E-state index contributed by atoms with van der Waals surface area (Å²) < 4.78 is 26.6. The van der Waals surface area contributed by atoms with E-state index in [0.29, 0.717) is 5.57 Å². The van der Waals surface area contributed by atoms with Crippen LogP contribution in [0.15, 0.2) is 24.3 Å². The Morgan fingerprint density at radius 2 is 1.94 bits per heavy atom. The van der Waals surface area contributed by atoms with Gasteiger partial charge in [-0.25, -0.2) is 13.6 Å². The third-order valence-electron chi connectivity index (χ3n) is 3.32. The van der Waals surface area contributed by atoms with Crippen LogP contribution in [0.25, 0.3) is 5.57 Å². The first-order chi connectivity index (χ1) is 8.58. The molecule has 1 saturated carbocycles. The number of carboxylic acid groups (broad SMARTS) is 1. The number of rotatable bonds is 3. The van der Waals surface area contributed by atoms with Gasteiger partial charge in [0.2, 0.25) is 0 Å². The van der Waals surface area contributed by atoms with Crippen LogP contribution in [0.1, 0.15) is 31.2 Å². The first kappa shape index (κ1) is 12.7. The van der Waals surface area contributed by atoms with Crippen LogP contribution in [0.3, 0.4) is 0 Å². The number of halogens is 2. The molecule has 0 unspecified atom stereocenters. The zero-order chi connectivity index (χ0) is 13.1. The third kappa shape index (κ3) is 2.75. The number of benzene rings is 1. The van der Waals surface area contributed by atoms with Crippen molar-refractivity contribution in [1.82, 2.24) is 0 Å². The van der Waals surface area contributed by atoms with E-state index in [4.69, 9.17) is 5.11 Å². The Kier molecular flexibility index (Phi) is 3.75. The summed E-state index contributed by atoms with van der Waals surface area (Å²) in [6.45, 7) is 0. The van der Waals surface area contributed by atoms with Crippen LogP contribution < -0.4 is 0 Å². The van der Waals surface area contributed by atoms with Crippen molar-refractivity contribution in [3.63, 3.8) is 0 Å². The highest BCUT2D eigenvalue weighted by Crippen LogP contribution is 2.37. The summed E-state index contributed by atoms with van der Waals surface area (Å²) in [5.74, 6) is -2.39. The lowest BCUT2D eigenvalue weighted by Gasteiger charge is -2.15. The van der Waals surface area contributed by atoms with E-state index in [0.717, 1.165) is 43.9 Å². The Morgan fingerprint density at radius 3 is 2.50 bits per heavy atom. The van der Waals surface area contributed by atoms with E-state index < -0.39 is 17.6 Å². The van der Waals surface area contributed by atoms with E-state index in [1.54, 1.807) is 0 Å². The molecule has 0 saturated heterocycles. The van der Waals surface area contributed by atoms with Crippen LogP contribution in [0.4, 0.5) is 8.78 Å². The Morgan fingerprint density at radius 1 is 1.28 bits per heavy atom. The van der Waals surface area contributed by atoms with Crippen LogP contribution in [-0.4, -0.2) is 11.1 Å². The highest BCUT2D eigenvalue weighted by atomic mass is 19.1. The van der Waals surface area contributed by atoms with Crippen molar-refractivity contribution in [3.05, 3.63) is 41.5 Å². The van der Waals surface area contributed by atoms with Gasteiger partial charge in [-0.1, -0.05) is 12.8 Å². The van der Waals surface area contributed by atoms with Gasteiger partial charge in [-0.3, -0.25) is 0 Å². The molecule has 1 aliphatic rings. The van der Waals surface area contributed by atoms with Gasteiger partial charge in [0, 0.05) is 17.7 Å². The highest BCUT2D eigenvalue weighted by molar-refractivity contribution is 5.90. The molecule has 1 aliphatic carbocycles. The maximum Gasteiger partial charge on any atom is 0.328 e. The van der Waals surface area contributed by atoms with Crippen molar-refractivity contribution in [2.24, 2.45) is 5.92 Å². The van der Waals surface area contributed by atoms with Gasteiger partial charge in [0.1, 0.15) is 11.6 Å². The zero-order valence-electron chi connectivity index (χ0n) is 9.83. The first-order valence-electron chi connectivity index (χ1n) is 5.98. The minimum absolute atomic E-state index is 0.0565. The fraction of sp³-hybridized carbons (Fsp3) is 0.357. The molecule has 0 bridgehead atoms. The Hall–Kier alpha value is -1.71. The van der Waals surface area contributed by atoms with Crippen LogP contribution in [0.2, 0.25) is 0 Å². The molecule has 1 aromatic rings. The zero-order valence-corrected chi connectivity index (χ0v) is 9.83. The molecule has 2 rings (SSSR count). The molecule has 0 atom stereocenters. The largest absolute Gasteiger partial charge is 0.478 e. The van der Waals surface area contributed by atoms with Gasteiger partial charge in [0.15, 0.2) is 0 Å². The van der Waals surface area contributed by atoms with Crippen molar-refractivity contribution in [1.29, 1.82) is 0 Å². The highest BCUT2D eigenvalue weighted by Gasteiger charge is 2.23. The fourth-order valence-electron chi connectivity index (χ4n) is 2.51. The van der Waals surface area contributed by atoms with E-state index in [2.05, 4.69) is 0 Å². The molecule has 1 fully saturated rings. The van der Waals surface area contributed by atoms with Crippen molar-refractivity contribution in [3.8, 4) is 0 Å². The molecule has 18 heavy (non-hydrogen) atoms. The topological polar surface area (TPSA) is 37.3 Å². The molecular weight excluding hydrogens is 238 g/mol. The minimum atomic E-state index is -1.10. The van der Waals surface area contributed by atoms with Gasteiger partial charge < -0.3 is 5.11 Å². The number of hydrogen-bond acceptors (Lipinski definition) is 1. The standard InChI is InChI=1S/C14H14F2O2/c15-10-5-6-11(13(16)7-10)12(8-14(17)18)9-3-1-2-4-9/h5-9H,1-4H2,(H,17,18)/b12-8+. The monoisotopic (exact) mass is 252 g/mol. The number of allylic oxidation sites excluding steroid dienone is 1. The van der Waals surface area contributed by atoms with Crippen LogP contribution in [0, 0.1) is 17.6 Å². The Labute approximate surface area is 104 Å². The van der Waals surface area contributed by atoms with E-state index in [9.17, 15) is 13.6 Å². The van der Waals surface area contributed by atoms with Crippen LogP contribution in [0.5, 0.6) is 0 Å². The van der Waals surface area contributed by atoms with E-state index in [-0.39, 0.29) is 11.5 Å². The number of hydrogen-bond donors (Lipinski definition) is 1. The van der Waals surface area contributed by atoms with Gasteiger partial charge >= 0.3 is 5.97 Å². The fourth-order valence-corrected chi connectivity index (χ4v) is 2.51. The molecule has 0 radical (unpaired) electrons. The Bertz CT molecular complexity index is 489. The summed E-state index contributed by atoms with van der Waals surface area (Å²) in [4.78, 5) is 10.8. The van der Waals surface area contributed by atoms with Gasteiger partial charge in [0.05, 0.1) is 0 Å². The second-order valence-corrected chi connectivity index (χ2v) is 4.54. The van der Waals surface area contributed by atoms with Gasteiger partial charge in [-0.05, 0) is 36.5 Å².